The molecule has 0 aliphatic carbocycles. The Morgan fingerprint density at radius 3 is 2.50 bits per heavy atom. The fraction of sp³-hybridized carbons (Fsp3) is 0.143. The molecule has 92 valence electrons. The van der Waals surface area contributed by atoms with Gasteiger partial charge in [0.25, 0.3) is 5.91 Å². The number of hydrogen-bond acceptors (Lipinski definition) is 2. The van der Waals surface area contributed by atoms with E-state index in [-0.39, 0.29) is 5.91 Å². The van der Waals surface area contributed by atoms with Crippen molar-refractivity contribution in [1.82, 2.24) is 9.78 Å². The van der Waals surface area contributed by atoms with Crippen LogP contribution in [0, 0.1) is 13.8 Å². The first kappa shape index (κ1) is 12.6. The number of benzene rings is 1. The fourth-order valence-electron chi connectivity index (χ4n) is 1.64. The topological polar surface area (TPSA) is 34.9 Å². The minimum absolute atomic E-state index is 0.202. The van der Waals surface area contributed by atoms with Gasteiger partial charge in [0, 0.05) is 6.08 Å². The van der Waals surface area contributed by atoms with E-state index >= 15 is 0 Å². The van der Waals surface area contributed by atoms with Gasteiger partial charge in [0.1, 0.15) is 0 Å². The molecule has 1 aromatic carbocycles. The zero-order valence-corrected chi connectivity index (χ0v) is 11.0. The van der Waals surface area contributed by atoms with Crippen LogP contribution in [0.25, 0.3) is 6.08 Å². The van der Waals surface area contributed by atoms with Gasteiger partial charge in [-0.3, -0.25) is 4.79 Å². The largest absolute Gasteiger partial charge is 0.271 e. The van der Waals surface area contributed by atoms with Crippen molar-refractivity contribution < 1.29 is 4.79 Å². The Balaban J connectivity index is 2.23. The molecular weight excluding hydrogens is 248 g/mol. The van der Waals surface area contributed by atoms with Crippen LogP contribution in [0.1, 0.15) is 21.7 Å². The first-order valence-electron chi connectivity index (χ1n) is 5.59. The minimum Gasteiger partial charge on any atom is -0.267 e. The lowest BCUT2D eigenvalue weighted by Crippen LogP contribution is -2.10. The van der Waals surface area contributed by atoms with Gasteiger partial charge in [-0.05, 0) is 25.5 Å². The Kier molecular flexibility index (Phi) is 3.63. The summed E-state index contributed by atoms with van der Waals surface area (Å²) in [4.78, 5) is 12.0. The van der Waals surface area contributed by atoms with Gasteiger partial charge in [-0.2, -0.15) is 9.78 Å². The van der Waals surface area contributed by atoms with E-state index in [2.05, 4.69) is 5.10 Å². The van der Waals surface area contributed by atoms with Crippen molar-refractivity contribution >= 4 is 23.6 Å². The summed E-state index contributed by atoms with van der Waals surface area (Å²) in [6.45, 7) is 3.55. The van der Waals surface area contributed by atoms with Crippen LogP contribution in [0.3, 0.4) is 0 Å². The predicted octanol–water partition coefficient (Wildman–Crippen LogP) is 3.51. The molecule has 0 aliphatic rings. The van der Waals surface area contributed by atoms with Gasteiger partial charge < -0.3 is 0 Å². The number of carbonyl (C=O) groups excluding carboxylic acids is 1. The van der Waals surface area contributed by atoms with Crippen molar-refractivity contribution in [2.45, 2.75) is 13.8 Å². The normalized spacial score (nSPS) is 11.1. The van der Waals surface area contributed by atoms with Crippen LogP contribution in [-0.2, 0) is 0 Å². The molecule has 0 saturated heterocycles. The molecule has 3 nitrogen and oxygen atoms in total. The Morgan fingerprint density at radius 1 is 1.28 bits per heavy atom. The second kappa shape index (κ2) is 5.19. The summed E-state index contributed by atoms with van der Waals surface area (Å²) in [5.41, 5.74) is 2.30. The van der Waals surface area contributed by atoms with Crippen LogP contribution in [-0.4, -0.2) is 15.7 Å². The number of rotatable bonds is 2. The number of halogens is 1. The Labute approximate surface area is 111 Å². The SMILES string of the molecule is Cc1nn(C(=O)/C=C/c2ccccc2)c(C)c1Cl. The molecule has 1 heterocycles. The van der Waals surface area contributed by atoms with Crippen LogP contribution in [0.5, 0.6) is 0 Å². The van der Waals surface area contributed by atoms with Crippen LogP contribution in [0.4, 0.5) is 0 Å². The zero-order valence-electron chi connectivity index (χ0n) is 10.2. The van der Waals surface area contributed by atoms with E-state index in [1.165, 1.54) is 10.8 Å². The Hall–Kier alpha value is -1.87. The second-order valence-corrected chi connectivity index (χ2v) is 4.36. The highest BCUT2D eigenvalue weighted by Crippen LogP contribution is 2.18. The van der Waals surface area contributed by atoms with E-state index in [4.69, 9.17) is 11.6 Å². The lowest BCUT2D eigenvalue weighted by Gasteiger charge is -1.98. The van der Waals surface area contributed by atoms with Crippen molar-refractivity contribution in [1.29, 1.82) is 0 Å². The van der Waals surface area contributed by atoms with E-state index in [9.17, 15) is 4.79 Å². The summed E-state index contributed by atoms with van der Waals surface area (Å²) >= 11 is 6.00. The van der Waals surface area contributed by atoms with Crippen LogP contribution < -0.4 is 0 Å². The number of aromatic nitrogens is 2. The molecular formula is C14H13ClN2O. The molecule has 0 amide bonds. The van der Waals surface area contributed by atoms with Gasteiger partial charge in [0.2, 0.25) is 0 Å². The van der Waals surface area contributed by atoms with Gasteiger partial charge in [0.15, 0.2) is 0 Å². The third-order valence-electron chi connectivity index (χ3n) is 2.63. The highest BCUT2D eigenvalue weighted by Gasteiger charge is 2.12. The summed E-state index contributed by atoms with van der Waals surface area (Å²) in [7, 11) is 0. The molecule has 0 N–H and O–H groups in total. The highest BCUT2D eigenvalue weighted by atomic mass is 35.5. The van der Waals surface area contributed by atoms with Crippen molar-refractivity contribution in [3.63, 3.8) is 0 Å². The van der Waals surface area contributed by atoms with Crippen LogP contribution in [0.15, 0.2) is 36.4 Å². The second-order valence-electron chi connectivity index (χ2n) is 3.98. The summed E-state index contributed by atoms with van der Waals surface area (Å²) in [5.74, 6) is -0.202. The van der Waals surface area contributed by atoms with Gasteiger partial charge in [0.05, 0.1) is 16.4 Å². The van der Waals surface area contributed by atoms with Gasteiger partial charge in [-0.1, -0.05) is 41.9 Å². The lowest BCUT2D eigenvalue weighted by atomic mass is 10.2. The first-order valence-corrected chi connectivity index (χ1v) is 5.96. The predicted molar refractivity (Wildman–Crippen MR) is 72.8 cm³/mol. The maximum Gasteiger partial charge on any atom is 0.271 e. The molecule has 4 heteroatoms. The molecule has 0 fully saturated rings. The Morgan fingerprint density at radius 2 is 1.94 bits per heavy atom. The fourth-order valence-corrected chi connectivity index (χ4v) is 1.76. The summed E-state index contributed by atoms with van der Waals surface area (Å²) in [5, 5.41) is 4.64. The summed E-state index contributed by atoms with van der Waals surface area (Å²) in [6.07, 6.45) is 3.25. The molecule has 0 saturated carbocycles. The third kappa shape index (κ3) is 2.51. The standard InChI is InChI=1S/C14H13ClN2O/c1-10-14(15)11(2)17(16-10)13(18)9-8-12-6-4-3-5-7-12/h3-9H,1-2H3/b9-8+. The number of carbonyl (C=O) groups is 1. The first-order chi connectivity index (χ1) is 8.59. The van der Waals surface area contributed by atoms with E-state index in [0.29, 0.717) is 16.4 Å². The summed E-state index contributed by atoms with van der Waals surface area (Å²) < 4.78 is 1.32. The molecule has 2 rings (SSSR count). The van der Waals surface area contributed by atoms with Gasteiger partial charge in [-0.15, -0.1) is 0 Å². The smallest absolute Gasteiger partial charge is 0.267 e. The maximum atomic E-state index is 12.0. The average molecular weight is 261 g/mol. The van der Waals surface area contributed by atoms with E-state index < -0.39 is 0 Å². The van der Waals surface area contributed by atoms with Crippen molar-refractivity contribution in [2.24, 2.45) is 0 Å². The van der Waals surface area contributed by atoms with Gasteiger partial charge >= 0.3 is 0 Å². The highest BCUT2D eigenvalue weighted by molar-refractivity contribution is 6.32. The summed E-state index contributed by atoms with van der Waals surface area (Å²) in [6, 6.07) is 9.63. The number of allylic oxidation sites excluding steroid dienone is 1. The van der Waals surface area contributed by atoms with Crippen molar-refractivity contribution in [3.05, 3.63) is 58.4 Å². The molecule has 1 aromatic heterocycles. The van der Waals surface area contributed by atoms with Crippen molar-refractivity contribution in [3.8, 4) is 0 Å². The quantitative estimate of drug-likeness (QED) is 0.775. The third-order valence-corrected chi connectivity index (χ3v) is 3.18. The monoisotopic (exact) mass is 260 g/mol. The number of hydrogen-bond donors (Lipinski definition) is 0. The van der Waals surface area contributed by atoms with E-state index in [0.717, 1.165) is 5.56 Å². The Bertz CT molecular complexity index is 600. The number of aryl methyl sites for hydroxylation is 1. The molecule has 0 spiro atoms. The molecule has 2 aromatic rings. The van der Waals surface area contributed by atoms with E-state index in [1.807, 2.05) is 30.3 Å². The van der Waals surface area contributed by atoms with Gasteiger partial charge in [-0.25, -0.2) is 0 Å². The average Bonchev–Trinajstić information content (AvgIpc) is 2.65. The molecule has 0 atom stereocenters. The number of nitrogens with zero attached hydrogens (tertiary/aromatic N) is 2. The lowest BCUT2D eigenvalue weighted by molar-refractivity contribution is 0.0952. The van der Waals surface area contributed by atoms with Crippen LogP contribution in [0.2, 0.25) is 5.02 Å². The van der Waals surface area contributed by atoms with Crippen molar-refractivity contribution in [2.75, 3.05) is 0 Å². The molecule has 0 unspecified atom stereocenters. The molecule has 18 heavy (non-hydrogen) atoms. The van der Waals surface area contributed by atoms with Crippen LogP contribution >= 0.6 is 11.6 Å². The zero-order chi connectivity index (χ0) is 13.1. The minimum atomic E-state index is -0.202. The molecule has 0 radical (unpaired) electrons. The maximum absolute atomic E-state index is 12.0. The molecule has 0 aliphatic heterocycles. The van der Waals surface area contributed by atoms with E-state index in [1.54, 1.807) is 19.9 Å². The molecule has 0 bridgehead atoms.